The molecule has 0 saturated heterocycles. The molecule has 1 aromatic heterocycles. The maximum atomic E-state index is 12.7. The van der Waals surface area contributed by atoms with Gasteiger partial charge in [0.2, 0.25) is 0 Å². The zero-order chi connectivity index (χ0) is 20.5. The molecule has 0 atom stereocenters. The van der Waals surface area contributed by atoms with E-state index in [-0.39, 0.29) is 32.1 Å². The third-order valence-electron chi connectivity index (χ3n) is 3.74. The number of hydrogen-bond acceptors (Lipinski definition) is 5. The van der Waals surface area contributed by atoms with Crippen molar-refractivity contribution in [3.63, 3.8) is 0 Å². The third-order valence-corrected chi connectivity index (χ3v) is 6.51. The minimum atomic E-state index is -4.09. The molecule has 3 aromatic rings. The van der Waals surface area contributed by atoms with Gasteiger partial charge in [0.25, 0.3) is 10.0 Å². The number of benzene rings is 2. The molecule has 0 spiro atoms. The van der Waals surface area contributed by atoms with E-state index in [2.05, 4.69) is 25.6 Å². The predicted octanol–water partition coefficient (Wildman–Crippen LogP) is 5.07. The van der Waals surface area contributed by atoms with Crippen LogP contribution < -0.4 is 10.5 Å². The van der Waals surface area contributed by atoms with Crippen LogP contribution in [0.5, 0.6) is 0 Å². The van der Waals surface area contributed by atoms with Crippen molar-refractivity contribution in [2.75, 3.05) is 10.5 Å². The summed E-state index contributed by atoms with van der Waals surface area (Å²) in [5.41, 5.74) is 7.13. The van der Waals surface area contributed by atoms with Gasteiger partial charge in [0.15, 0.2) is 0 Å². The maximum Gasteiger partial charge on any atom is 0.264 e. The van der Waals surface area contributed by atoms with Crippen LogP contribution in [0.15, 0.2) is 57.9 Å². The van der Waals surface area contributed by atoms with Crippen molar-refractivity contribution >= 4 is 60.8 Å². The number of anilines is 2. The highest BCUT2D eigenvalue weighted by Gasteiger charge is 2.21. The molecule has 28 heavy (non-hydrogen) atoms. The van der Waals surface area contributed by atoms with Gasteiger partial charge in [-0.2, -0.15) is 5.26 Å². The van der Waals surface area contributed by atoms with Gasteiger partial charge in [-0.15, -0.1) is 0 Å². The summed E-state index contributed by atoms with van der Waals surface area (Å²) in [7, 11) is -4.09. The highest BCUT2D eigenvalue weighted by molar-refractivity contribution is 9.10. The number of rotatable bonds is 4. The second kappa shape index (κ2) is 7.97. The largest absolute Gasteiger partial charge is 0.383 e. The topological polar surface area (TPSA) is 109 Å². The van der Waals surface area contributed by atoms with E-state index >= 15 is 0 Å². The first kappa shape index (κ1) is 20.4. The molecule has 2 aromatic carbocycles. The molecular weight excluding hydrogens is 487 g/mol. The Bertz CT molecular complexity index is 1230. The molecule has 3 rings (SSSR count). The molecule has 0 unspecified atom stereocenters. The number of sulfonamides is 1. The minimum absolute atomic E-state index is 0.00421. The van der Waals surface area contributed by atoms with Gasteiger partial charge in [0, 0.05) is 15.1 Å². The van der Waals surface area contributed by atoms with Crippen LogP contribution in [0.1, 0.15) is 5.56 Å². The van der Waals surface area contributed by atoms with Crippen LogP contribution in [0.2, 0.25) is 10.0 Å². The van der Waals surface area contributed by atoms with E-state index in [0.717, 1.165) is 0 Å². The monoisotopic (exact) mass is 496 g/mol. The van der Waals surface area contributed by atoms with E-state index in [4.69, 9.17) is 28.9 Å². The molecule has 3 N–H and O–H groups in total. The average Bonchev–Trinajstić information content (AvgIpc) is 2.63. The number of nitrogen functional groups attached to an aromatic ring is 1. The second-order valence-corrected chi connectivity index (χ2v) is 8.94. The third kappa shape index (κ3) is 4.08. The molecule has 0 saturated carbocycles. The van der Waals surface area contributed by atoms with Crippen molar-refractivity contribution in [2.24, 2.45) is 0 Å². The summed E-state index contributed by atoms with van der Waals surface area (Å²) in [5, 5.41) is 9.68. The first-order chi connectivity index (χ1) is 13.2. The summed E-state index contributed by atoms with van der Waals surface area (Å²) in [6.45, 7) is 0. The lowest BCUT2D eigenvalue weighted by Gasteiger charge is -2.13. The lowest BCUT2D eigenvalue weighted by atomic mass is 10.0. The Labute approximate surface area is 180 Å². The van der Waals surface area contributed by atoms with E-state index in [1.165, 1.54) is 24.3 Å². The summed E-state index contributed by atoms with van der Waals surface area (Å²) in [6, 6.07) is 14.7. The van der Waals surface area contributed by atoms with Gasteiger partial charge in [0.05, 0.1) is 5.02 Å². The number of nitriles is 1. The summed E-state index contributed by atoms with van der Waals surface area (Å²) in [6.07, 6.45) is 0. The van der Waals surface area contributed by atoms with Crippen LogP contribution in [-0.4, -0.2) is 13.4 Å². The first-order valence-electron chi connectivity index (χ1n) is 7.66. The SMILES string of the molecule is N#Cc1c(-c2ccccc2Br)cc(NS(=O)(=O)c2cc(Cl)ccc2Cl)nc1N. The number of pyridine rings is 1. The van der Waals surface area contributed by atoms with Crippen molar-refractivity contribution < 1.29 is 8.42 Å². The minimum Gasteiger partial charge on any atom is -0.383 e. The molecule has 10 heteroatoms. The van der Waals surface area contributed by atoms with Gasteiger partial charge in [-0.1, -0.05) is 57.3 Å². The van der Waals surface area contributed by atoms with Gasteiger partial charge in [-0.25, -0.2) is 13.4 Å². The van der Waals surface area contributed by atoms with Crippen LogP contribution in [-0.2, 0) is 10.0 Å². The summed E-state index contributed by atoms with van der Waals surface area (Å²) in [5.74, 6) is -0.163. The van der Waals surface area contributed by atoms with Crippen LogP contribution in [0.4, 0.5) is 11.6 Å². The second-order valence-electron chi connectivity index (χ2n) is 5.59. The molecular formula is C18H11BrCl2N4O2S. The molecule has 6 nitrogen and oxygen atoms in total. The van der Waals surface area contributed by atoms with Crippen molar-refractivity contribution in [2.45, 2.75) is 4.90 Å². The van der Waals surface area contributed by atoms with Gasteiger partial charge in [0.1, 0.15) is 28.2 Å². The molecule has 0 radical (unpaired) electrons. The summed E-state index contributed by atoms with van der Waals surface area (Å²) >= 11 is 15.3. The lowest BCUT2D eigenvalue weighted by Crippen LogP contribution is -2.15. The molecule has 142 valence electrons. The van der Waals surface area contributed by atoms with Crippen LogP contribution in [0.25, 0.3) is 11.1 Å². The van der Waals surface area contributed by atoms with Crippen molar-refractivity contribution in [1.29, 1.82) is 5.26 Å². The zero-order valence-corrected chi connectivity index (χ0v) is 17.9. The Morgan fingerprint density at radius 3 is 2.50 bits per heavy atom. The summed E-state index contributed by atoms with van der Waals surface area (Å²) in [4.78, 5) is 3.80. The number of halogens is 3. The van der Waals surface area contributed by atoms with Gasteiger partial charge < -0.3 is 5.73 Å². The Balaban J connectivity index is 2.13. The zero-order valence-electron chi connectivity index (χ0n) is 13.9. The smallest absolute Gasteiger partial charge is 0.264 e. The fourth-order valence-electron chi connectivity index (χ4n) is 2.50. The van der Waals surface area contributed by atoms with Gasteiger partial charge in [-0.05, 0) is 35.9 Å². The molecule has 0 aliphatic carbocycles. The predicted molar refractivity (Wildman–Crippen MR) is 114 cm³/mol. The van der Waals surface area contributed by atoms with Crippen molar-refractivity contribution in [1.82, 2.24) is 4.98 Å². The molecule has 0 aliphatic heterocycles. The highest BCUT2D eigenvalue weighted by atomic mass is 79.9. The van der Waals surface area contributed by atoms with Crippen LogP contribution >= 0.6 is 39.1 Å². The van der Waals surface area contributed by atoms with Crippen LogP contribution in [0.3, 0.4) is 0 Å². The number of nitrogens with two attached hydrogens (primary N) is 1. The average molecular weight is 498 g/mol. The normalized spacial score (nSPS) is 11.1. The van der Waals surface area contributed by atoms with E-state index in [9.17, 15) is 13.7 Å². The molecule has 1 heterocycles. The Morgan fingerprint density at radius 2 is 1.82 bits per heavy atom. The maximum absolute atomic E-state index is 12.7. The Kier molecular flexibility index (Phi) is 5.82. The fraction of sp³-hybridized carbons (Fsp3) is 0. The van der Waals surface area contributed by atoms with E-state index in [1.54, 1.807) is 18.2 Å². The van der Waals surface area contributed by atoms with Crippen LogP contribution in [0, 0.1) is 11.3 Å². The van der Waals surface area contributed by atoms with Gasteiger partial charge in [-0.3, -0.25) is 4.72 Å². The Morgan fingerprint density at radius 1 is 1.11 bits per heavy atom. The molecule has 0 bridgehead atoms. The molecule has 0 fully saturated rings. The van der Waals surface area contributed by atoms with E-state index < -0.39 is 10.0 Å². The lowest BCUT2D eigenvalue weighted by molar-refractivity contribution is 0.601. The molecule has 0 aliphatic rings. The van der Waals surface area contributed by atoms with E-state index in [1.807, 2.05) is 12.1 Å². The van der Waals surface area contributed by atoms with E-state index in [0.29, 0.717) is 15.6 Å². The fourth-order valence-corrected chi connectivity index (χ4v) is 4.76. The Hall–Kier alpha value is -2.31. The number of aromatic nitrogens is 1. The summed E-state index contributed by atoms with van der Waals surface area (Å²) < 4.78 is 28.5. The standard InChI is InChI=1S/C18H11BrCl2N4O2S/c19-14-4-2-1-3-11(14)12-8-17(24-18(23)13(12)9-22)25-28(26,27)16-7-10(20)5-6-15(16)21/h1-8H,(H3,23,24,25). The van der Waals surface area contributed by atoms with Crippen molar-refractivity contribution in [3.8, 4) is 17.2 Å². The highest BCUT2D eigenvalue weighted by Crippen LogP contribution is 2.35. The number of nitrogens with zero attached hydrogens (tertiary/aromatic N) is 2. The van der Waals surface area contributed by atoms with Gasteiger partial charge >= 0.3 is 0 Å². The van der Waals surface area contributed by atoms with Crippen molar-refractivity contribution in [3.05, 3.63) is 68.6 Å². The quantitative estimate of drug-likeness (QED) is 0.522. The molecule has 0 amide bonds. The first-order valence-corrected chi connectivity index (χ1v) is 10.7. The number of nitrogens with one attached hydrogen (secondary N) is 1. The number of hydrogen-bond donors (Lipinski definition) is 2.